The van der Waals surface area contributed by atoms with Gasteiger partial charge in [-0.1, -0.05) is 57.6 Å². The average molecular weight is 485 g/mol. The molecule has 1 saturated carbocycles. The van der Waals surface area contributed by atoms with Crippen LogP contribution in [-0.2, 0) is 0 Å². The Labute approximate surface area is 198 Å². The van der Waals surface area contributed by atoms with E-state index in [0.717, 1.165) is 30.5 Å². The summed E-state index contributed by atoms with van der Waals surface area (Å²) in [6, 6.07) is 4.46. The summed E-state index contributed by atoms with van der Waals surface area (Å²) < 4.78 is 76.8. The third-order valence-electron chi connectivity index (χ3n) is 6.89. The van der Waals surface area contributed by atoms with E-state index in [4.69, 9.17) is 4.74 Å². The van der Waals surface area contributed by atoms with E-state index in [2.05, 4.69) is 6.92 Å². The number of hydrogen-bond acceptors (Lipinski definition) is 2. The van der Waals surface area contributed by atoms with Crippen molar-refractivity contribution in [2.45, 2.75) is 77.7 Å². The van der Waals surface area contributed by atoms with E-state index in [1.54, 1.807) is 0 Å². The minimum Gasteiger partial charge on any atom is -0.491 e. The minimum absolute atomic E-state index is 0.194. The Morgan fingerprint density at radius 1 is 0.882 bits per heavy atom. The maximum absolute atomic E-state index is 14.9. The van der Waals surface area contributed by atoms with E-state index < -0.39 is 46.7 Å². The van der Waals surface area contributed by atoms with Crippen LogP contribution in [-0.4, -0.2) is 11.7 Å². The molecule has 2 aromatic carbocycles. The van der Waals surface area contributed by atoms with Crippen molar-refractivity contribution in [3.63, 3.8) is 0 Å². The van der Waals surface area contributed by atoms with Crippen molar-refractivity contribution < 1.29 is 31.8 Å². The summed E-state index contributed by atoms with van der Waals surface area (Å²) >= 11 is 0. The Balaban J connectivity index is 1.69. The van der Waals surface area contributed by atoms with Gasteiger partial charge in [-0.15, -0.1) is 0 Å². The van der Waals surface area contributed by atoms with Gasteiger partial charge in [0.1, 0.15) is 0 Å². The molecular formula is C27H33F5O2. The van der Waals surface area contributed by atoms with Crippen LogP contribution in [0.15, 0.2) is 24.3 Å². The number of rotatable bonds is 10. The molecule has 3 rings (SSSR count). The van der Waals surface area contributed by atoms with E-state index >= 15 is 0 Å². The second-order valence-electron chi connectivity index (χ2n) is 9.31. The van der Waals surface area contributed by atoms with Crippen molar-refractivity contribution in [2.24, 2.45) is 11.8 Å². The number of aliphatic hydroxyl groups excluding tert-OH is 1. The van der Waals surface area contributed by atoms with E-state index in [1.165, 1.54) is 51.5 Å². The summed E-state index contributed by atoms with van der Waals surface area (Å²) in [4.78, 5) is 0. The molecule has 1 N–H and O–H groups in total. The number of benzene rings is 2. The van der Waals surface area contributed by atoms with Crippen LogP contribution < -0.4 is 4.74 Å². The molecule has 188 valence electrons. The van der Waals surface area contributed by atoms with Gasteiger partial charge in [0, 0.05) is 11.1 Å². The summed E-state index contributed by atoms with van der Waals surface area (Å²) in [5.41, 5.74) is -2.28. The van der Waals surface area contributed by atoms with Crippen molar-refractivity contribution >= 4 is 0 Å². The Bertz CT molecular complexity index is 953. The first kappa shape index (κ1) is 26.5. The summed E-state index contributed by atoms with van der Waals surface area (Å²) in [6.45, 7) is 3.65. The molecule has 0 bridgehead atoms. The molecular weight excluding hydrogens is 451 g/mol. The first-order chi connectivity index (χ1) is 16.2. The zero-order valence-electron chi connectivity index (χ0n) is 19.7. The van der Waals surface area contributed by atoms with Gasteiger partial charge in [0.15, 0.2) is 23.2 Å². The van der Waals surface area contributed by atoms with E-state index in [-0.39, 0.29) is 17.9 Å². The fourth-order valence-electron chi connectivity index (χ4n) is 5.00. The first-order valence-electron chi connectivity index (χ1n) is 12.1. The zero-order valence-corrected chi connectivity index (χ0v) is 19.7. The zero-order chi connectivity index (χ0) is 24.8. The quantitative estimate of drug-likeness (QED) is 0.270. The van der Waals surface area contributed by atoms with Crippen molar-refractivity contribution in [3.05, 3.63) is 52.8 Å². The lowest BCUT2D eigenvalue weighted by atomic mass is 9.78. The highest BCUT2D eigenvalue weighted by Gasteiger charge is 2.27. The van der Waals surface area contributed by atoms with E-state index in [9.17, 15) is 27.1 Å². The molecule has 7 heteroatoms. The van der Waals surface area contributed by atoms with Crippen LogP contribution in [0.25, 0.3) is 11.1 Å². The predicted octanol–water partition coefficient (Wildman–Crippen LogP) is 8.53. The van der Waals surface area contributed by atoms with Crippen LogP contribution in [0.1, 0.15) is 88.9 Å². The van der Waals surface area contributed by atoms with Gasteiger partial charge in [0.2, 0.25) is 0 Å². The van der Waals surface area contributed by atoms with Crippen LogP contribution >= 0.6 is 0 Å². The molecule has 1 aliphatic carbocycles. The molecule has 2 nitrogen and oxygen atoms in total. The Morgan fingerprint density at radius 3 is 2.09 bits per heavy atom. The summed E-state index contributed by atoms with van der Waals surface area (Å²) in [5, 5.41) is 9.53. The Morgan fingerprint density at radius 2 is 1.50 bits per heavy atom. The van der Waals surface area contributed by atoms with Gasteiger partial charge in [0.25, 0.3) is 6.43 Å². The smallest absolute Gasteiger partial charge is 0.267 e. The molecule has 0 aliphatic heterocycles. The largest absolute Gasteiger partial charge is 0.491 e. The molecule has 1 fully saturated rings. The third-order valence-corrected chi connectivity index (χ3v) is 6.89. The SMILES string of the molecule is CCCC1CCC(CCCOc2ccc(-c3ccc(C(C)O)c(F)c3F)c(C(F)F)c2F)CC1. The standard InChI is InChI=1S/C27H33F5O2/c1-3-5-17-7-9-18(10-8-17)6-4-15-34-22-14-13-20(23(26(22)30)27(31)32)21-12-11-19(16(2)33)24(28)25(21)29/h11-14,16-18,27,33H,3-10,15H2,1-2H3. The van der Waals surface area contributed by atoms with Gasteiger partial charge < -0.3 is 9.84 Å². The van der Waals surface area contributed by atoms with Crippen molar-refractivity contribution in [3.8, 4) is 16.9 Å². The third kappa shape index (κ3) is 6.09. The Hall–Kier alpha value is -2.15. The maximum atomic E-state index is 14.9. The van der Waals surface area contributed by atoms with Crippen molar-refractivity contribution in [2.75, 3.05) is 6.61 Å². The van der Waals surface area contributed by atoms with Gasteiger partial charge in [0.05, 0.1) is 18.3 Å². The summed E-state index contributed by atoms with van der Waals surface area (Å²) in [6.07, 6.45) is 4.42. The number of aliphatic hydroxyl groups is 1. The number of halogens is 5. The van der Waals surface area contributed by atoms with Gasteiger partial charge in [-0.05, 0) is 49.3 Å². The maximum Gasteiger partial charge on any atom is 0.267 e. The molecule has 0 spiro atoms. The molecule has 0 heterocycles. The summed E-state index contributed by atoms with van der Waals surface area (Å²) in [7, 11) is 0. The fraction of sp³-hybridized carbons (Fsp3) is 0.556. The lowest BCUT2D eigenvalue weighted by molar-refractivity contribution is 0.145. The van der Waals surface area contributed by atoms with Crippen molar-refractivity contribution in [1.29, 1.82) is 0 Å². The fourth-order valence-corrected chi connectivity index (χ4v) is 5.00. The van der Waals surface area contributed by atoms with Gasteiger partial charge >= 0.3 is 0 Å². The van der Waals surface area contributed by atoms with Gasteiger partial charge in [-0.2, -0.15) is 0 Å². The summed E-state index contributed by atoms with van der Waals surface area (Å²) in [5.74, 6) is -2.93. The van der Waals surface area contributed by atoms with Crippen LogP contribution in [0.2, 0.25) is 0 Å². The number of hydrogen-bond donors (Lipinski definition) is 1. The molecule has 1 aliphatic rings. The number of alkyl halides is 2. The second kappa shape index (κ2) is 12.0. The average Bonchev–Trinajstić information content (AvgIpc) is 2.80. The molecule has 1 unspecified atom stereocenters. The highest BCUT2D eigenvalue weighted by Crippen LogP contribution is 2.40. The lowest BCUT2D eigenvalue weighted by Crippen LogP contribution is -2.15. The van der Waals surface area contributed by atoms with Gasteiger partial charge in [-0.25, -0.2) is 22.0 Å². The molecule has 0 radical (unpaired) electrons. The Kier molecular flexibility index (Phi) is 9.34. The lowest BCUT2D eigenvalue weighted by Gasteiger charge is -2.28. The van der Waals surface area contributed by atoms with Gasteiger partial charge in [-0.3, -0.25) is 0 Å². The first-order valence-corrected chi connectivity index (χ1v) is 12.1. The van der Waals surface area contributed by atoms with E-state index in [1.807, 2.05) is 0 Å². The van der Waals surface area contributed by atoms with Crippen LogP contribution in [0.3, 0.4) is 0 Å². The molecule has 2 aromatic rings. The highest BCUT2D eigenvalue weighted by atomic mass is 19.3. The highest BCUT2D eigenvalue weighted by molar-refractivity contribution is 5.70. The van der Waals surface area contributed by atoms with Crippen LogP contribution in [0, 0.1) is 29.3 Å². The van der Waals surface area contributed by atoms with E-state index in [0.29, 0.717) is 12.3 Å². The second-order valence-corrected chi connectivity index (χ2v) is 9.31. The molecule has 0 amide bonds. The number of ether oxygens (including phenoxy) is 1. The molecule has 0 aromatic heterocycles. The molecule has 34 heavy (non-hydrogen) atoms. The predicted molar refractivity (Wildman–Crippen MR) is 122 cm³/mol. The monoisotopic (exact) mass is 484 g/mol. The normalized spacial score (nSPS) is 19.4. The minimum atomic E-state index is -3.25. The van der Waals surface area contributed by atoms with Crippen LogP contribution in [0.5, 0.6) is 5.75 Å². The topological polar surface area (TPSA) is 29.5 Å². The van der Waals surface area contributed by atoms with Crippen LogP contribution in [0.4, 0.5) is 22.0 Å². The molecule has 1 atom stereocenters. The molecule has 0 saturated heterocycles. The van der Waals surface area contributed by atoms with Crippen molar-refractivity contribution in [1.82, 2.24) is 0 Å².